The van der Waals surface area contributed by atoms with Crippen molar-refractivity contribution in [3.05, 3.63) is 22.2 Å². The fraction of sp³-hybridized carbons (Fsp3) is 0.643. The number of anilines is 1. The van der Waals surface area contributed by atoms with Crippen molar-refractivity contribution in [3.8, 4) is 0 Å². The second kappa shape index (κ2) is 7.21. The number of aryl methyl sites for hydroxylation is 1. The number of nitrogens with one attached hydrogen (secondary N) is 2. The van der Waals surface area contributed by atoms with E-state index in [1.165, 1.54) is 4.57 Å². The van der Waals surface area contributed by atoms with E-state index in [4.69, 9.17) is 4.74 Å². The SMILES string of the molecule is CCOC(=O)Cn1c(C)cnc(NCC2CCCN2)c1=O. The summed E-state index contributed by atoms with van der Waals surface area (Å²) in [6, 6.07) is 0.367. The Morgan fingerprint density at radius 1 is 1.62 bits per heavy atom. The number of aromatic nitrogens is 2. The highest BCUT2D eigenvalue weighted by Gasteiger charge is 2.16. The lowest BCUT2D eigenvalue weighted by atomic mass is 10.2. The van der Waals surface area contributed by atoms with Crippen LogP contribution in [0.1, 0.15) is 25.5 Å². The average Bonchev–Trinajstić information content (AvgIpc) is 2.96. The molecule has 1 atom stereocenters. The number of hydrogen-bond donors (Lipinski definition) is 2. The number of hydrogen-bond acceptors (Lipinski definition) is 6. The minimum Gasteiger partial charge on any atom is -0.465 e. The summed E-state index contributed by atoms with van der Waals surface area (Å²) < 4.78 is 6.27. The summed E-state index contributed by atoms with van der Waals surface area (Å²) >= 11 is 0. The van der Waals surface area contributed by atoms with Gasteiger partial charge in [0.1, 0.15) is 6.54 Å². The smallest absolute Gasteiger partial charge is 0.326 e. The van der Waals surface area contributed by atoms with Crippen LogP contribution in [0.5, 0.6) is 0 Å². The molecule has 21 heavy (non-hydrogen) atoms. The van der Waals surface area contributed by atoms with Crippen molar-refractivity contribution in [2.45, 2.75) is 39.3 Å². The first-order chi connectivity index (χ1) is 10.1. The van der Waals surface area contributed by atoms with Crippen LogP contribution in [0.4, 0.5) is 5.82 Å². The normalized spacial score (nSPS) is 17.7. The van der Waals surface area contributed by atoms with Gasteiger partial charge < -0.3 is 15.4 Å². The highest BCUT2D eigenvalue weighted by atomic mass is 16.5. The van der Waals surface area contributed by atoms with E-state index >= 15 is 0 Å². The molecule has 1 aromatic rings. The quantitative estimate of drug-likeness (QED) is 0.733. The highest BCUT2D eigenvalue weighted by molar-refractivity contribution is 5.69. The zero-order valence-electron chi connectivity index (χ0n) is 12.5. The molecule has 0 bridgehead atoms. The molecular weight excluding hydrogens is 272 g/mol. The predicted molar refractivity (Wildman–Crippen MR) is 79.4 cm³/mol. The van der Waals surface area contributed by atoms with Crippen LogP contribution in [0.15, 0.2) is 11.0 Å². The minimum atomic E-state index is -0.419. The fourth-order valence-electron chi connectivity index (χ4n) is 2.38. The Hall–Kier alpha value is -1.89. The molecule has 1 aliphatic heterocycles. The summed E-state index contributed by atoms with van der Waals surface area (Å²) in [6.07, 6.45) is 3.83. The summed E-state index contributed by atoms with van der Waals surface area (Å²) in [5.41, 5.74) is 0.346. The van der Waals surface area contributed by atoms with E-state index in [1.807, 2.05) is 0 Å². The molecule has 1 fully saturated rings. The third-order valence-electron chi connectivity index (χ3n) is 3.52. The highest BCUT2D eigenvalue weighted by Crippen LogP contribution is 2.06. The Kier molecular flexibility index (Phi) is 5.32. The third-order valence-corrected chi connectivity index (χ3v) is 3.52. The Morgan fingerprint density at radius 2 is 2.43 bits per heavy atom. The summed E-state index contributed by atoms with van der Waals surface area (Å²) in [7, 11) is 0. The molecule has 1 unspecified atom stereocenters. The first-order valence-electron chi connectivity index (χ1n) is 7.31. The van der Waals surface area contributed by atoms with Gasteiger partial charge in [0.2, 0.25) is 0 Å². The van der Waals surface area contributed by atoms with Crippen molar-refractivity contribution in [1.29, 1.82) is 0 Å². The molecule has 2 heterocycles. The Labute approximate surface area is 123 Å². The lowest BCUT2D eigenvalue weighted by molar-refractivity contribution is -0.143. The average molecular weight is 294 g/mol. The van der Waals surface area contributed by atoms with Gasteiger partial charge in [-0.25, -0.2) is 4.98 Å². The van der Waals surface area contributed by atoms with Gasteiger partial charge in [0.05, 0.1) is 6.61 Å². The van der Waals surface area contributed by atoms with Gasteiger partial charge in [-0.1, -0.05) is 0 Å². The van der Waals surface area contributed by atoms with Crippen molar-refractivity contribution in [1.82, 2.24) is 14.9 Å². The van der Waals surface area contributed by atoms with Crippen molar-refractivity contribution in [2.24, 2.45) is 0 Å². The van der Waals surface area contributed by atoms with Crippen molar-refractivity contribution in [3.63, 3.8) is 0 Å². The van der Waals surface area contributed by atoms with Gasteiger partial charge in [0.25, 0.3) is 5.56 Å². The van der Waals surface area contributed by atoms with Gasteiger partial charge in [-0.3, -0.25) is 14.2 Å². The summed E-state index contributed by atoms with van der Waals surface area (Å²) in [4.78, 5) is 28.0. The zero-order valence-corrected chi connectivity index (χ0v) is 12.5. The molecule has 0 aliphatic carbocycles. The van der Waals surface area contributed by atoms with Crippen LogP contribution < -0.4 is 16.2 Å². The number of esters is 1. The molecule has 2 N–H and O–H groups in total. The zero-order chi connectivity index (χ0) is 15.2. The van der Waals surface area contributed by atoms with Crippen LogP contribution in [0.25, 0.3) is 0 Å². The first kappa shape index (κ1) is 15.5. The van der Waals surface area contributed by atoms with Gasteiger partial charge in [0, 0.05) is 24.5 Å². The van der Waals surface area contributed by atoms with E-state index in [9.17, 15) is 9.59 Å². The lowest BCUT2D eigenvalue weighted by Crippen LogP contribution is -2.34. The predicted octanol–water partition coefficient (Wildman–Crippen LogP) is 0.279. The van der Waals surface area contributed by atoms with Gasteiger partial charge in [0.15, 0.2) is 5.82 Å². The van der Waals surface area contributed by atoms with Crippen LogP contribution in [0.2, 0.25) is 0 Å². The van der Waals surface area contributed by atoms with Crippen LogP contribution in [-0.4, -0.2) is 41.3 Å². The molecule has 116 valence electrons. The molecule has 1 saturated heterocycles. The largest absolute Gasteiger partial charge is 0.465 e. The molecule has 0 amide bonds. The fourth-order valence-corrected chi connectivity index (χ4v) is 2.38. The summed E-state index contributed by atoms with van der Waals surface area (Å²) in [5.74, 6) is -0.143. The van der Waals surface area contributed by atoms with Crippen LogP contribution in [0, 0.1) is 6.92 Å². The van der Waals surface area contributed by atoms with E-state index in [0.29, 0.717) is 24.9 Å². The van der Waals surface area contributed by atoms with Gasteiger partial charge in [-0.15, -0.1) is 0 Å². The van der Waals surface area contributed by atoms with Gasteiger partial charge >= 0.3 is 5.97 Å². The van der Waals surface area contributed by atoms with E-state index in [0.717, 1.165) is 19.4 Å². The molecule has 0 radical (unpaired) electrons. The van der Waals surface area contributed by atoms with Crippen LogP contribution in [-0.2, 0) is 16.1 Å². The second-order valence-electron chi connectivity index (χ2n) is 5.12. The maximum Gasteiger partial charge on any atom is 0.326 e. The molecule has 7 nitrogen and oxygen atoms in total. The number of rotatable bonds is 6. The van der Waals surface area contributed by atoms with E-state index < -0.39 is 5.97 Å². The van der Waals surface area contributed by atoms with Crippen molar-refractivity contribution >= 4 is 11.8 Å². The van der Waals surface area contributed by atoms with Gasteiger partial charge in [-0.05, 0) is 33.2 Å². The standard InChI is InChI=1S/C14H22N4O3/c1-3-21-12(19)9-18-10(2)7-16-13(14(18)20)17-8-11-5-4-6-15-11/h7,11,15H,3-6,8-9H2,1-2H3,(H,16,17). The Morgan fingerprint density at radius 3 is 3.10 bits per heavy atom. The second-order valence-corrected chi connectivity index (χ2v) is 5.12. The summed E-state index contributed by atoms with van der Waals surface area (Å²) in [6.45, 7) is 5.37. The molecule has 0 spiro atoms. The maximum atomic E-state index is 12.3. The van der Waals surface area contributed by atoms with Gasteiger partial charge in [-0.2, -0.15) is 0 Å². The molecule has 0 saturated carbocycles. The molecule has 7 heteroatoms. The van der Waals surface area contributed by atoms with E-state index in [2.05, 4.69) is 15.6 Å². The number of carbonyl (C=O) groups is 1. The van der Waals surface area contributed by atoms with Crippen LogP contribution >= 0.6 is 0 Å². The molecular formula is C14H22N4O3. The summed E-state index contributed by atoms with van der Waals surface area (Å²) in [5, 5.41) is 6.42. The monoisotopic (exact) mass is 294 g/mol. The van der Waals surface area contributed by atoms with Crippen molar-refractivity contribution in [2.75, 3.05) is 25.0 Å². The Bertz CT molecular complexity index is 550. The number of nitrogens with zero attached hydrogens (tertiary/aromatic N) is 2. The third kappa shape index (κ3) is 4.04. The minimum absolute atomic E-state index is 0.0859. The lowest BCUT2D eigenvalue weighted by Gasteiger charge is -2.14. The van der Waals surface area contributed by atoms with Crippen LogP contribution in [0.3, 0.4) is 0 Å². The molecule has 0 aromatic carbocycles. The molecule has 1 aromatic heterocycles. The molecule has 1 aliphatic rings. The maximum absolute atomic E-state index is 12.3. The number of carbonyl (C=O) groups excluding carboxylic acids is 1. The first-order valence-corrected chi connectivity index (χ1v) is 7.31. The number of ether oxygens (including phenoxy) is 1. The van der Waals surface area contributed by atoms with E-state index in [-0.39, 0.29) is 17.9 Å². The van der Waals surface area contributed by atoms with Crippen molar-refractivity contribution < 1.29 is 9.53 Å². The van der Waals surface area contributed by atoms with E-state index in [1.54, 1.807) is 20.0 Å². The topological polar surface area (TPSA) is 85.2 Å². The Balaban J connectivity index is 2.08. The molecule has 2 rings (SSSR count).